The second kappa shape index (κ2) is 12.5. The Hall–Kier alpha value is 0.480. The van der Waals surface area contributed by atoms with Gasteiger partial charge in [-0.25, -0.2) is 0 Å². The van der Waals surface area contributed by atoms with Crippen molar-refractivity contribution in [3.8, 4) is 0 Å². The van der Waals surface area contributed by atoms with Gasteiger partial charge in [0.05, 0.1) is 13.0 Å². The lowest BCUT2D eigenvalue weighted by Gasteiger charge is -2.03. The highest BCUT2D eigenvalue weighted by atomic mass is 32.2. The summed E-state index contributed by atoms with van der Waals surface area (Å²) in [7, 11) is 0. The third-order valence-corrected chi connectivity index (χ3v) is 4.35. The molecule has 0 rings (SSSR count). The molecule has 0 heterocycles. The van der Waals surface area contributed by atoms with E-state index in [-0.39, 0.29) is 12.6 Å². The number of ether oxygens (including phenoxy) is 1. The lowest BCUT2D eigenvalue weighted by molar-refractivity contribution is -0.140. The Morgan fingerprint density at radius 2 is 2.07 bits per heavy atom. The van der Waals surface area contributed by atoms with Crippen molar-refractivity contribution >= 4 is 41.3 Å². The average Bonchev–Trinajstić information content (AvgIpc) is 2.24. The molecule has 0 spiro atoms. The monoisotopic (exact) mass is 270 g/mol. The first-order valence-electron chi connectivity index (χ1n) is 4.81. The minimum atomic E-state index is -0.144. The Labute approximate surface area is 104 Å². The predicted octanol–water partition coefficient (Wildman–Crippen LogP) is 2.05. The third kappa shape index (κ3) is 12.4. The molecule has 0 aromatic heterocycles. The van der Waals surface area contributed by atoms with Crippen molar-refractivity contribution in [2.24, 2.45) is 0 Å². The smallest absolute Gasteiger partial charge is 0.307 e. The van der Waals surface area contributed by atoms with E-state index >= 15 is 0 Å². The van der Waals surface area contributed by atoms with Gasteiger partial charge in [-0.3, -0.25) is 4.79 Å². The van der Waals surface area contributed by atoms with Gasteiger partial charge < -0.3 is 9.84 Å². The van der Waals surface area contributed by atoms with Gasteiger partial charge in [0, 0.05) is 16.6 Å². The normalized spacial score (nSPS) is 10.3. The van der Waals surface area contributed by atoms with Gasteiger partial charge in [0.1, 0.15) is 5.94 Å². The van der Waals surface area contributed by atoms with Crippen molar-refractivity contribution in [3.05, 3.63) is 0 Å². The summed E-state index contributed by atoms with van der Waals surface area (Å²) in [6.45, 7) is 2.25. The molecular weight excluding hydrogens is 252 g/mol. The Kier molecular flexibility index (Phi) is 13.0. The van der Waals surface area contributed by atoms with Crippen LogP contribution in [-0.2, 0) is 9.53 Å². The Balaban J connectivity index is 3.11. The molecule has 0 saturated heterocycles. The molecule has 0 saturated carbocycles. The number of rotatable bonds is 10. The summed E-state index contributed by atoms with van der Waals surface area (Å²) in [6.07, 6.45) is 0.481. The van der Waals surface area contributed by atoms with Gasteiger partial charge in [0.2, 0.25) is 0 Å². The van der Waals surface area contributed by atoms with Gasteiger partial charge in [0.15, 0.2) is 0 Å². The Morgan fingerprint density at radius 1 is 1.27 bits per heavy atom. The fourth-order valence-corrected chi connectivity index (χ4v) is 3.04. The third-order valence-electron chi connectivity index (χ3n) is 1.36. The molecule has 0 atom stereocenters. The quantitative estimate of drug-likeness (QED) is 0.372. The molecular formula is C9H18O3S3. The van der Waals surface area contributed by atoms with Gasteiger partial charge in [-0.2, -0.15) is 23.5 Å². The minimum Gasteiger partial charge on any atom is -0.455 e. The second-order valence-corrected chi connectivity index (χ2v) is 6.33. The van der Waals surface area contributed by atoms with Crippen LogP contribution in [0.25, 0.3) is 0 Å². The highest BCUT2D eigenvalue weighted by Crippen LogP contribution is 2.12. The maximum Gasteiger partial charge on any atom is 0.307 e. The maximum absolute atomic E-state index is 11.1. The molecule has 0 aromatic carbocycles. The topological polar surface area (TPSA) is 46.5 Å². The van der Waals surface area contributed by atoms with Crippen LogP contribution < -0.4 is 0 Å². The second-order valence-electron chi connectivity index (χ2n) is 2.53. The number of hydrogen-bond donors (Lipinski definition) is 1. The van der Waals surface area contributed by atoms with Crippen LogP contribution >= 0.6 is 35.3 Å². The van der Waals surface area contributed by atoms with Crippen molar-refractivity contribution < 1.29 is 14.6 Å². The standard InChI is InChI=1S/C9H18O3S3/c1-2-13-8-15-5-3-9(11)12-7-14-6-4-10/h10H,2-8H2,1H3. The fourth-order valence-electron chi connectivity index (χ4n) is 0.660. The van der Waals surface area contributed by atoms with Crippen LogP contribution in [0, 0.1) is 0 Å². The molecule has 0 unspecified atom stereocenters. The first kappa shape index (κ1) is 15.5. The molecule has 3 nitrogen and oxygen atoms in total. The number of thioether (sulfide) groups is 3. The predicted molar refractivity (Wildman–Crippen MR) is 70.6 cm³/mol. The highest BCUT2D eigenvalue weighted by Gasteiger charge is 2.02. The van der Waals surface area contributed by atoms with E-state index in [1.165, 1.54) is 11.8 Å². The molecule has 0 aliphatic heterocycles. The van der Waals surface area contributed by atoms with Crippen LogP contribution in [0.15, 0.2) is 0 Å². The van der Waals surface area contributed by atoms with E-state index in [1.54, 1.807) is 11.8 Å². The van der Waals surface area contributed by atoms with Crippen molar-refractivity contribution in [1.29, 1.82) is 0 Å². The number of aliphatic hydroxyl groups excluding tert-OH is 1. The molecule has 0 amide bonds. The number of carbonyl (C=O) groups is 1. The fraction of sp³-hybridized carbons (Fsp3) is 0.889. The van der Waals surface area contributed by atoms with Gasteiger partial charge in [-0.05, 0) is 5.75 Å². The van der Waals surface area contributed by atoms with Crippen LogP contribution in [-0.4, -0.2) is 46.0 Å². The maximum atomic E-state index is 11.1. The van der Waals surface area contributed by atoms with Crippen molar-refractivity contribution in [3.63, 3.8) is 0 Å². The van der Waals surface area contributed by atoms with E-state index in [2.05, 4.69) is 6.92 Å². The summed E-state index contributed by atoms with van der Waals surface area (Å²) < 4.78 is 4.94. The minimum absolute atomic E-state index is 0.131. The molecule has 0 aromatic rings. The van der Waals surface area contributed by atoms with Crippen LogP contribution in [0.4, 0.5) is 0 Å². The Bertz CT molecular complexity index is 156. The molecule has 6 heteroatoms. The summed E-state index contributed by atoms with van der Waals surface area (Å²) in [5, 5.41) is 9.53. The van der Waals surface area contributed by atoms with Crippen LogP contribution in [0.2, 0.25) is 0 Å². The van der Waals surface area contributed by atoms with E-state index < -0.39 is 0 Å². The lowest BCUT2D eigenvalue weighted by atomic mass is 10.5. The summed E-state index contributed by atoms with van der Waals surface area (Å²) in [5.41, 5.74) is 0. The van der Waals surface area contributed by atoms with Gasteiger partial charge in [-0.1, -0.05) is 6.92 Å². The number of carbonyl (C=O) groups excluding carboxylic acids is 1. The zero-order valence-corrected chi connectivity index (χ0v) is 11.4. The van der Waals surface area contributed by atoms with Crippen LogP contribution in [0.3, 0.4) is 0 Å². The molecule has 1 N–H and O–H groups in total. The van der Waals surface area contributed by atoms with Crippen molar-refractivity contribution in [2.75, 3.05) is 34.9 Å². The first-order chi connectivity index (χ1) is 7.31. The molecule has 0 fully saturated rings. The molecule has 15 heavy (non-hydrogen) atoms. The van der Waals surface area contributed by atoms with Gasteiger partial charge in [0.25, 0.3) is 0 Å². The van der Waals surface area contributed by atoms with E-state index in [1.807, 2.05) is 11.8 Å². The van der Waals surface area contributed by atoms with Crippen LogP contribution in [0.1, 0.15) is 13.3 Å². The summed E-state index contributed by atoms with van der Waals surface area (Å²) in [5.74, 6) is 2.78. The lowest BCUT2D eigenvalue weighted by Crippen LogP contribution is -2.05. The molecule has 90 valence electrons. The number of hydrogen-bond acceptors (Lipinski definition) is 6. The van der Waals surface area contributed by atoms with E-state index in [0.29, 0.717) is 18.1 Å². The zero-order chi connectivity index (χ0) is 11.4. The van der Waals surface area contributed by atoms with Crippen molar-refractivity contribution in [2.45, 2.75) is 13.3 Å². The van der Waals surface area contributed by atoms with Crippen LogP contribution in [0.5, 0.6) is 0 Å². The SMILES string of the molecule is CCSCSCCC(=O)OCSCCO. The molecule has 0 bridgehead atoms. The average molecular weight is 270 g/mol. The summed E-state index contributed by atoms with van der Waals surface area (Å²) in [6, 6.07) is 0. The largest absolute Gasteiger partial charge is 0.455 e. The molecule has 0 aliphatic carbocycles. The van der Waals surface area contributed by atoms with Gasteiger partial charge >= 0.3 is 5.97 Å². The van der Waals surface area contributed by atoms with E-state index in [0.717, 1.165) is 16.6 Å². The first-order valence-corrected chi connectivity index (χ1v) is 8.27. The molecule has 0 aliphatic rings. The Morgan fingerprint density at radius 3 is 2.73 bits per heavy atom. The summed E-state index contributed by atoms with van der Waals surface area (Å²) >= 11 is 5.05. The van der Waals surface area contributed by atoms with E-state index in [4.69, 9.17) is 9.84 Å². The van der Waals surface area contributed by atoms with Gasteiger partial charge in [-0.15, -0.1) is 11.8 Å². The summed E-state index contributed by atoms with van der Waals surface area (Å²) in [4.78, 5) is 11.1. The highest BCUT2D eigenvalue weighted by molar-refractivity contribution is 8.15. The number of esters is 1. The van der Waals surface area contributed by atoms with Crippen molar-refractivity contribution in [1.82, 2.24) is 0 Å². The van der Waals surface area contributed by atoms with E-state index in [9.17, 15) is 4.79 Å². The zero-order valence-electron chi connectivity index (χ0n) is 8.94. The number of aliphatic hydroxyl groups is 1. The molecule has 0 radical (unpaired) electrons.